The molecule has 0 aromatic heterocycles. The molecule has 1 fully saturated rings. The van der Waals surface area contributed by atoms with Crippen molar-refractivity contribution < 1.29 is 16.8 Å². The topological polar surface area (TPSA) is 83.6 Å². The summed E-state index contributed by atoms with van der Waals surface area (Å²) < 4.78 is 48.4. The number of nitrogens with zero attached hydrogens (tertiary/aromatic N) is 1. The van der Waals surface area contributed by atoms with Gasteiger partial charge in [0.1, 0.15) is 0 Å². The van der Waals surface area contributed by atoms with E-state index in [2.05, 4.69) is 5.32 Å². The molecule has 0 aliphatic carbocycles. The maximum absolute atomic E-state index is 12.2. The fraction of sp³-hybridized carbons (Fsp3) is 1.00. The van der Waals surface area contributed by atoms with E-state index in [1.807, 2.05) is 6.92 Å². The molecule has 0 saturated carbocycles. The van der Waals surface area contributed by atoms with E-state index in [1.54, 1.807) is 6.92 Å². The smallest absolute Gasteiger partial charge is 0.217 e. The third-order valence-corrected chi connectivity index (χ3v) is 7.35. The van der Waals surface area contributed by atoms with Gasteiger partial charge in [-0.15, -0.1) is 0 Å². The Bertz CT molecular complexity index is 472. The lowest BCUT2D eigenvalue weighted by Gasteiger charge is -2.26. The van der Waals surface area contributed by atoms with E-state index in [9.17, 15) is 16.8 Å². The summed E-state index contributed by atoms with van der Waals surface area (Å²) in [5, 5.41) is 2.44. The van der Waals surface area contributed by atoms with Crippen LogP contribution in [0.2, 0.25) is 0 Å². The van der Waals surface area contributed by atoms with Crippen molar-refractivity contribution in [3.63, 3.8) is 0 Å². The van der Waals surface area contributed by atoms with Crippen molar-refractivity contribution in [3.8, 4) is 0 Å². The summed E-state index contributed by atoms with van der Waals surface area (Å²) in [6.45, 7) is 4.63. The molecule has 0 amide bonds. The zero-order chi connectivity index (χ0) is 14.0. The molecule has 1 N–H and O–H groups in total. The molecule has 108 valence electrons. The van der Waals surface area contributed by atoms with Crippen LogP contribution >= 0.6 is 0 Å². The second-order valence-corrected chi connectivity index (χ2v) is 9.38. The summed E-state index contributed by atoms with van der Waals surface area (Å²) in [7, 11) is -5.03. The first kappa shape index (κ1) is 15.9. The molecule has 18 heavy (non-hydrogen) atoms. The van der Waals surface area contributed by atoms with Gasteiger partial charge in [-0.05, 0) is 19.9 Å². The van der Waals surface area contributed by atoms with Gasteiger partial charge in [-0.2, -0.15) is 0 Å². The van der Waals surface area contributed by atoms with Crippen LogP contribution in [0.1, 0.15) is 20.3 Å². The van der Waals surface area contributed by atoms with Crippen LogP contribution < -0.4 is 5.32 Å². The quantitative estimate of drug-likeness (QED) is 0.710. The number of hydrogen-bond donors (Lipinski definition) is 1. The summed E-state index contributed by atoms with van der Waals surface area (Å²) in [5.74, 6) is 0.0236. The van der Waals surface area contributed by atoms with E-state index >= 15 is 0 Å². The summed E-state index contributed by atoms with van der Waals surface area (Å²) in [6, 6.07) is -0.413. The number of sulfonamides is 1. The molecule has 2 unspecified atom stereocenters. The van der Waals surface area contributed by atoms with Crippen LogP contribution in [0.5, 0.6) is 0 Å². The number of hydrogen-bond acceptors (Lipinski definition) is 5. The molecule has 0 aromatic carbocycles. The van der Waals surface area contributed by atoms with E-state index in [-0.39, 0.29) is 11.5 Å². The van der Waals surface area contributed by atoms with Crippen molar-refractivity contribution in [1.29, 1.82) is 0 Å². The van der Waals surface area contributed by atoms with Crippen molar-refractivity contribution >= 4 is 19.9 Å². The van der Waals surface area contributed by atoms with Gasteiger partial charge in [0, 0.05) is 19.6 Å². The normalized spacial score (nSPS) is 25.4. The fourth-order valence-corrected chi connectivity index (χ4v) is 5.37. The maximum atomic E-state index is 12.2. The summed E-state index contributed by atoms with van der Waals surface area (Å²) in [6.07, 6.45) is 0.395. The third kappa shape index (κ3) is 3.66. The molecule has 1 aliphatic heterocycles. The van der Waals surface area contributed by atoms with Crippen molar-refractivity contribution in [2.75, 3.05) is 31.6 Å². The van der Waals surface area contributed by atoms with Crippen LogP contribution in [0.15, 0.2) is 0 Å². The van der Waals surface area contributed by atoms with Gasteiger partial charge in [-0.1, -0.05) is 6.92 Å². The molecule has 6 nitrogen and oxygen atoms in total. The minimum atomic E-state index is -3.44. The molecule has 0 spiro atoms. The van der Waals surface area contributed by atoms with Crippen LogP contribution in [0.25, 0.3) is 0 Å². The van der Waals surface area contributed by atoms with Crippen LogP contribution in [-0.4, -0.2) is 64.1 Å². The SMILES string of the molecule is CCNCC(C)S(=O)(=O)N(C)C1CCS(=O)(=O)C1. The van der Waals surface area contributed by atoms with Crippen LogP contribution in [0.3, 0.4) is 0 Å². The van der Waals surface area contributed by atoms with Gasteiger partial charge in [0.05, 0.1) is 16.8 Å². The Hall–Kier alpha value is -0.180. The van der Waals surface area contributed by atoms with Gasteiger partial charge in [0.2, 0.25) is 10.0 Å². The van der Waals surface area contributed by atoms with E-state index < -0.39 is 31.2 Å². The number of sulfone groups is 1. The largest absolute Gasteiger partial charge is 0.316 e. The Balaban J connectivity index is 2.73. The van der Waals surface area contributed by atoms with Crippen molar-refractivity contribution in [3.05, 3.63) is 0 Å². The highest BCUT2D eigenvalue weighted by Crippen LogP contribution is 2.20. The summed E-state index contributed by atoms with van der Waals surface area (Å²) >= 11 is 0. The highest BCUT2D eigenvalue weighted by molar-refractivity contribution is 7.92. The Morgan fingerprint density at radius 3 is 2.50 bits per heavy atom. The van der Waals surface area contributed by atoms with E-state index in [0.29, 0.717) is 19.5 Å². The fourth-order valence-electron chi connectivity index (χ4n) is 2.01. The number of nitrogens with one attached hydrogen (secondary N) is 1. The monoisotopic (exact) mass is 298 g/mol. The average molecular weight is 298 g/mol. The Morgan fingerprint density at radius 2 is 2.06 bits per heavy atom. The van der Waals surface area contributed by atoms with Gasteiger partial charge >= 0.3 is 0 Å². The lowest BCUT2D eigenvalue weighted by atomic mass is 10.3. The predicted octanol–water partition coefficient (Wildman–Crippen LogP) is -0.567. The van der Waals surface area contributed by atoms with Gasteiger partial charge in [0.15, 0.2) is 9.84 Å². The van der Waals surface area contributed by atoms with E-state index in [4.69, 9.17) is 0 Å². The highest BCUT2D eigenvalue weighted by Gasteiger charge is 2.37. The zero-order valence-corrected chi connectivity index (χ0v) is 12.7. The molecule has 1 heterocycles. The molecule has 1 rings (SSSR count). The number of rotatable bonds is 6. The molecule has 1 saturated heterocycles. The molecule has 0 aromatic rings. The predicted molar refractivity (Wildman–Crippen MR) is 71.7 cm³/mol. The Kier molecular flexibility index (Phi) is 5.16. The van der Waals surface area contributed by atoms with Gasteiger partial charge in [-0.3, -0.25) is 0 Å². The molecular formula is C10H22N2O4S2. The molecule has 0 bridgehead atoms. The van der Waals surface area contributed by atoms with Crippen LogP contribution in [0, 0.1) is 0 Å². The second kappa shape index (κ2) is 5.85. The van der Waals surface area contributed by atoms with E-state index in [0.717, 1.165) is 0 Å². The first-order chi connectivity index (χ1) is 8.20. The summed E-state index contributed by atoms with van der Waals surface area (Å²) in [5.41, 5.74) is 0. The molecule has 0 radical (unpaired) electrons. The third-order valence-electron chi connectivity index (χ3n) is 3.31. The van der Waals surface area contributed by atoms with Gasteiger partial charge in [-0.25, -0.2) is 21.1 Å². The maximum Gasteiger partial charge on any atom is 0.217 e. The van der Waals surface area contributed by atoms with Crippen LogP contribution in [-0.2, 0) is 19.9 Å². The van der Waals surface area contributed by atoms with Crippen LogP contribution in [0.4, 0.5) is 0 Å². The standard InChI is InChI=1S/C10H22N2O4S2/c1-4-11-7-9(2)18(15,16)12(3)10-5-6-17(13,14)8-10/h9-11H,4-8H2,1-3H3. The molecule has 2 atom stereocenters. The van der Waals surface area contributed by atoms with E-state index in [1.165, 1.54) is 11.4 Å². The van der Waals surface area contributed by atoms with Gasteiger partial charge in [0.25, 0.3) is 0 Å². The van der Waals surface area contributed by atoms with Crippen molar-refractivity contribution in [2.24, 2.45) is 0 Å². The van der Waals surface area contributed by atoms with Crippen molar-refractivity contribution in [1.82, 2.24) is 9.62 Å². The summed E-state index contributed by atoms with van der Waals surface area (Å²) in [4.78, 5) is 0. The van der Waals surface area contributed by atoms with Gasteiger partial charge < -0.3 is 5.32 Å². The highest BCUT2D eigenvalue weighted by atomic mass is 32.2. The lowest BCUT2D eigenvalue weighted by Crippen LogP contribution is -2.45. The second-order valence-electron chi connectivity index (χ2n) is 4.74. The molecule has 1 aliphatic rings. The average Bonchev–Trinajstić information content (AvgIpc) is 2.65. The zero-order valence-electron chi connectivity index (χ0n) is 11.1. The molecular weight excluding hydrogens is 276 g/mol. The Morgan fingerprint density at radius 1 is 1.44 bits per heavy atom. The first-order valence-electron chi connectivity index (χ1n) is 6.08. The minimum Gasteiger partial charge on any atom is -0.316 e. The molecule has 8 heteroatoms. The Labute approximate surface area is 110 Å². The lowest BCUT2D eigenvalue weighted by molar-refractivity contribution is 0.387. The minimum absolute atomic E-state index is 0.0589. The first-order valence-corrected chi connectivity index (χ1v) is 9.41. The van der Waals surface area contributed by atoms with Crippen molar-refractivity contribution in [2.45, 2.75) is 31.6 Å².